The van der Waals surface area contributed by atoms with Crippen molar-refractivity contribution in [3.63, 3.8) is 0 Å². The van der Waals surface area contributed by atoms with Crippen LogP contribution < -0.4 is 28.4 Å². The number of nitrogens with two attached hydrogens (primary N) is 2. The van der Waals surface area contributed by atoms with Gasteiger partial charge in [0.2, 0.25) is 0 Å². The van der Waals surface area contributed by atoms with E-state index in [1.54, 1.807) is 12.4 Å². The first kappa shape index (κ1) is 38.6. The van der Waals surface area contributed by atoms with E-state index in [1.165, 1.54) is 49.7 Å². The van der Waals surface area contributed by atoms with E-state index in [0.29, 0.717) is 0 Å². The Morgan fingerprint density at radius 1 is 0.719 bits per heavy atom. The maximum Gasteiger partial charge on any atom is 0.169 e. The SMILES string of the molecule is Cc1cc[n+](CCCCCCN)cc1.Cc1ccncc1.Cl.Cl.NCCCCCCCl.[Cl-]. The van der Waals surface area contributed by atoms with Gasteiger partial charge in [0.15, 0.2) is 12.4 Å². The zero-order chi connectivity index (χ0) is 21.6. The molecule has 0 saturated heterocycles. The predicted molar refractivity (Wildman–Crippen MR) is 141 cm³/mol. The monoisotopic (exact) mass is 528 g/mol. The predicted octanol–water partition coefficient (Wildman–Crippen LogP) is 2.78. The van der Waals surface area contributed by atoms with E-state index in [4.69, 9.17) is 23.1 Å². The van der Waals surface area contributed by atoms with Gasteiger partial charge in [-0.1, -0.05) is 19.3 Å². The van der Waals surface area contributed by atoms with Crippen molar-refractivity contribution in [1.82, 2.24) is 4.98 Å². The third-order valence-corrected chi connectivity index (χ3v) is 4.63. The van der Waals surface area contributed by atoms with E-state index in [2.05, 4.69) is 41.0 Å². The van der Waals surface area contributed by atoms with E-state index >= 15 is 0 Å². The molecule has 0 bridgehead atoms. The lowest BCUT2D eigenvalue weighted by Crippen LogP contribution is -3.00. The molecule has 2 aromatic heterocycles. The number of pyridine rings is 2. The number of aromatic nitrogens is 2. The smallest absolute Gasteiger partial charge is 0.169 e. The summed E-state index contributed by atoms with van der Waals surface area (Å²) in [6.45, 7) is 6.94. The third-order valence-electron chi connectivity index (χ3n) is 4.36. The molecular weight excluding hydrogens is 486 g/mol. The van der Waals surface area contributed by atoms with Crippen LogP contribution in [0, 0.1) is 13.8 Å². The van der Waals surface area contributed by atoms with Gasteiger partial charge in [-0.25, -0.2) is 4.57 Å². The van der Waals surface area contributed by atoms with Crippen LogP contribution in [0.5, 0.6) is 0 Å². The van der Waals surface area contributed by atoms with E-state index in [-0.39, 0.29) is 37.2 Å². The van der Waals surface area contributed by atoms with Crippen molar-refractivity contribution in [2.24, 2.45) is 11.5 Å². The van der Waals surface area contributed by atoms with Crippen molar-refractivity contribution in [2.45, 2.75) is 71.8 Å². The highest BCUT2D eigenvalue weighted by Crippen LogP contribution is 1.99. The molecule has 2 rings (SSSR count). The molecule has 0 aliphatic heterocycles. The Hall–Kier alpha value is -0.620. The van der Waals surface area contributed by atoms with Gasteiger partial charge in [0.05, 0.1) is 0 Å². The van der Waals surface area contributed by atoms with Crippen molar-refractivity contribution in [2.75, 3.05) is 19.0 Å². The first-order chi connectivity index (χ1) is 14.1. The van der Waals surface area contributed by atoms with Crippen LogP contribution >= 0.6 is 36.4 Å². The fraction of sp³-hybridized carbons (Fsp3) is 0.583. The highest BCUT2D eigenvalue weighted by atomic mass is 35.5. The normalized spacial score (nSPS) is 8.91. The standard InChI is InChI=1S/C12H21N2.C6H14ClN.C6H7N.3ClH/c1-12-6-10-14(11-7-12)9-5-3-2-4-8-13;7-5-3-1-2-4-6-8;1-6-2-4-7-5-3-6;;;/h6-7,10-11H,2-5,8-9,13H2,1H3;1-6,8H2;2-5H,1H3;3*1H/q+1;;;;;/p-1. The highest BCUT2D eigenvalue weighted by Gasteiger charge is 1.98. The van der Waals surface area contributed by atoms with Crippen LogP contribution in [0.3, 0.4) is 0 Å². The summed E-state index contributed by atoms with van der Waals surface area (Å²) in [7, 11) is 0. The molecule has 0 aliphatic carbocycles. The van der Waals surface area contributed by atoms with Gasteiger partial charge in [0.1, 0.15) is 6.54 Å². The van der Waals surface area contributed by atoms with Crippen LogP contribution in [0.2, 0.25) is 0 Å². The fourth-order valence-corrected chi connectivity index (χ4v) is 2.68. The molecular formula is C24H44Cl4N4. The molecule has 0 aromatic carbocycles. The molecule has 2 heterocycles. The molecule has 4 nitrogen and oxygen atoms in total. The van der Waals surface area contributed by atoms with Crippen LogP contribution in [-0.2, 0) is 6.54 Å². The number of hydrogen-bond donors (Lipinski definition) is 2. The van der Waals surface area contributed by atoms with Gasteiger partial charge in [-0.05, 0) is 75.9 Å². The van der Waals surface area contributed by atoms with E-state index in [0.717, 1.165) is 38.4 Å². The molecule has 0 spiro atoms. The minimum absolute atomic E-state index is 0. The topological polar surface area (TPSA) is 68.8 Å². The van der Waals surface area contributed by atoms with E-state index < -0.39 is 0 Å². The molecule has 0 radical (unpaired) electrons. The van der Waals surface area contributed by atoms with Gasteiger partial charge >= 0.3 is 0 Å². The van der Waals surface area contributed by atoms with Crippen molar-refractivity contribution >= 4 is 36.4 Å². The molecule has 32 heavy (non-hydrogen) atoms. The number of unbranched alkanes of at least 4 members (excludes halogenated alkanes) is 6. The van der Waals surface area contributed by atoms with Gasteiger partial charge in [0, 0.05) is 36.8 Å². The zero-order valence-corrected chi connectivity index (χ0v) is 22.9. The number of nitrogens with zero attached hydrogens (tertiary/aromatic N) is 2. The fourth-order valence-electron chi connectivity index (χ4n) is 2.49. The maximum atomic E-state index is 5.45. The Morgan fingerprint density at radius 3 is 1.56 bits per heavy atom. The number of halogens is 4. The summed E-state index contributed by atoms with van der Waals surface area (Å²) < 4.78 is 2.25. The summed E-state index contributed by atoms with van der Waals surface area (Å²) in [5.74, 6) is 0.796. The Balaban J connectivity index is -0.000000189. The highest BCUT2D eigenvalue weighted by molar-refractivity contribution is 6.17. The largest absolute Gasteiger partial charge is 1.00 e. The Bertz CT molecular complexity index is 566. The molecule has 0 aliphatic rings. The molecule has 0 saturated carbocycles. The summed E-state index contributed by atoms with van der Waals surface area (Å²) in [6, 6.07) is 8.25. The summed E-state index contributed by atoms with van der Waals surface area (Å²) >= 11 is 5.45. The quantitative estimate of drug-likeness (QED) is 0.267. The molecule has 0 unspecified atom stereocenters. The van der Waals surface area contributed by atoms with Crippen LogP contribution in [0.1, 0.15) is 62.5 Å². The van der Waals surface area contributed by atoms with Crippen molar-refractivity contribution in [3.05, 3.63) is 60.2 Å². The Morgan fingerprint density at radius 2 is 1.16 bits per heavy atom. The van der Waals surface area contributed by atoms with Crippen molar-refractivity contribution in [1.29, 1.82) is 0 Å². The summed E-state index contributed by atoms with van der Waals surface area (Å²) in [5.41, 5.74) is 13.3. The summed E-state index contributed by atoms with van der Waals surface area (Å²) in [6.07, 6.45) is 17.6. The Kier molecular flexibility index (Phi) is 36.7. The van der Waals surface area contributed by atoms with Gasteiger partial charge in [-0.2, -0.15) is 0 Å². The number of alkyl halides is 1. The van der Waals surface area contributed by atoms with Crippen LogP contribution in [-0.4, -0.2) is 24.0 Å². The molecule has 4 N–H and O–H groups in total. The second kappa shape index (κ2) is 30.4. The van der Waals surface area contributed by atoms with Gasteiger partial charge in [-0.3, -0.25) is 4.98 Å². The first-order valence-electron chi connectivity index (χ1n) is 10.9. The molecule has 0 amide bonds. The maximum absolute atomic E-state index is 5.45. The van der Waals surface area contributed by atoms with Crippen molar-refractivity contribution in [3.8, 4) is 0 Å². The average Bonchev–Trinajstić information content (AvgIpc) is 2.74. The van der Waals surface area contributed by atoms with E-state index in [1.807, 2.05) is 19.1 Å². The molecule has 0 atom stereocenters. The minimum atomic E-state index is 0. The van der Waals surface area contributed by atoms with Gasteiger partial charge in [0.25, 0.3) is 0 Å². The van der Waals surface area contributed by atoms with Crippen LogP contribution in [0.15, 0.2) is 49.1 Å². The van der Waals surface area contributed by atoms with Gasteiger partial charge in [-0.15, -0.1) is 36.4 Å². The lowest BCUT2D eigenvalue weighted by molar-refractivity contribution is -0.697. The molecule has 2 aromatic rings. The van der Waals surface area contributed by atoms with Crippen LogP contribution in [0.4, 0.5) is 0 Å². The lowest BCUT2D eigenvalue weighted by Gasteiger charge is -1.98. The van der Waals surface area contributed by atoms with Crippen LogP contribution in [0.25, 0.3) is 0 Å². The lowest BCUT2D eigenvalue weighted by atomic mass is 10.2. The second-order valence-corrected chi connectivity index (χ2v) is 7.61. The second-order valence-electron chi connectivity index (χ2n) is 7.23. The molecule has 8 heteroatoms. The van der Waals surface area contributed by atoms with E-state index in [9.17, 15) is 0 Å². The molecule has 188 valence electrons. The number of aryl methyl sites for hydroxylation is 3. The zero-order valence-electron chi connectivity index (χ0n) is 19.7. The molecule has 0 fully saturated rings. The number of rotatable bonds is 11. The third kappa shape index (κ3) is 27.4. The first-order valence-corrected chi connectivity index (χ1v) is 11.5. The van der Waals surface area contributed by atoms with Gasteiger partial charge < -0.3 is 23.9 Å². The Labute approximate surface area is 220 Å². The summed E-state index contributed by atoms with van der Waals surface area (Å²) in [4.78, 5) is 3.85. The minimum Gasteiger partial charge on any atom is -1.00 e. The average molecular weight is 530 g/mol. The van der Waals surface area contributed by atoms with Crippen molar-refractivity contribution < 1.29 is 17.0 Å². The number of hydrogen-bond acceptors (Lipinski definition) is 3. The summed E-state index contributed by atoms with van der Waals surface area (Å²) in [5, 5.41) is 0.